The fourth-order valence-corrected chi connectivity index (χ4v) is 5.24. The van der Waals surface area contributed by atoms with Crippen molar-refractivity contribution in [1.82, 2.24) is 9.21 Å². The van der Waals surface area contributed by atoms with E-state index in [1.54, 1.807) is 35.2 Å². The first kappa shape index (κ1) is 23.5. The van der Waals surface area contributed by atoms with Gasteiger partial charge in [-0.2, -0.15) is 4.31 Å². The first-order chi connectivity index (χ1) is 16.4. The summed E-state index contributed by atoms with van der Waals surface area (Å²) in [5, 5.41) is 9.68. The number of rotatable bonds is 6. The maximum atomic E-state index is 13.1. The number of methoxy groups -OCH3 is 1. The molecule has 34 heavy (non-hydrogen) atoms. The Morgan fingerprint density at radius 1 is 0.912 bits per heavy atom. The van der Waals surface area contributed by atoms with Crippen molar-refractivity contribution < 1.29 is 23.1 Å². The van der Waals surface area contributed by atoms with Crippen LogP contribution in [-0.2, 0) is 14.8 Å². The summed E-state index contributed by atoms with van der Waals surface area (Å²) in [5.74, 6) is 0.152. The molecule has 0 saturated carbocycles. The number of hydrogen-bond acceptors (Lipinski definition) is 5. The Labute approximate surface area is 199 Å². The molecule has 1 aliphatic heterocycles. The number of sulfonamides is 1. The van der Waals surface area contributed by atoms with Crippen LogP contribution in [0.3, 0.4) is 0 Å². The van der Waals surface area contributed by atoms with E-state index in [9.17, 15) is 18.3 Å². The number of ether oxygens (including phenoxy) is 1. The Hall–Kier alpha value is -3.62. The third kappa shape index (κ3) is 5.13. The summed E-state index contributed by atoms with van der Waals surface area (Å²) in [6.45, 7) is 1.08. The predicted molar refractivity (Wildman–Crippen MR) is 131 cm³/mol. The van der Waals surface area contributed by atoms with Crippen molar-refractivity contribution in [3.63, 3.8) is 0 Å². The van der Waals surface area contributed by atoms with Crippen LogP contribution in [0.15, 0.2) is 83.8 Å². The molecule has 0 bridgehead atoms. The fourth-order valence-electron chi connectivity index (χ4n) is 3.82. The summed E-state index contributed by atoms with van der Waals surface area (Å²) in [6, 6.07) is 21.5. The van der Waals surface area contributed by atoms with Gasteiger partial charge in [0.05, 0.1) is 12.0 Å². The van der Waals surface area contributed by atoms with Gasteiger partial charge >= 0.3 is 0 Å². The molecule has 1 N–H and O–H groups in total. The zero-order valence-electron chi connectivity index (χ0n) is 18.8. The fraction of sp³-hybridized carbons (Fsp3) is 0.192. The maximum absolute atomic E-state index is 13.1. The van der Waals surface area contributed by atoms with Crippen molar-refractivity contribution in [2.45, 2.75) is 4.90 Å². The molecule has 1 heterocycles. The molecule has 176 valence electrons. The van der Waals surface area contributed by atoms with Crippen LogP contribution in [0.1, 0.15) is 5.56 Å². The Balaban J connectivity index is 1.37. The van der Waals surface area contributed by atoms with Crippen LogP contribution in [0.2, 0.25) is 0 Å². The van der Waals surface area contributed by atoms with E-state index in [0.717, 1.165) is 11.1 Å². The first-order valence-electron chi connectivity index (χ1n) is 10.9. The summed E-state index contributed by atoms with van der Waals surface area (Å²) >= 11 is 0. The number of phenols is 1. The van der Waals surface area contributed by atoms with Crippen LogP contribution < -0.4 is 4.74 Å². The first-order valence-corrected chi connectivity index (χ1v) is 12.3. The smallest absolute Gasteiger partial charge is 0.246 e. The summed E-state index contributed by atoms with van der Waals surface area (Å²) < 4.78 is 32.7. The van der Waals surface area contributed by atoms with E-state index in [1.807, 2.05) is 42.5 Å². The van der Waals surface area contributed by atoms with Gasteiger partial charge in [0.1, 0.15) is 0 Å². The van der Waals surface area contributed by atoms with Crippen LogP contribution in [-0.4, -0.2) is 61.9 Å². The van der Waals surface area contributed by atoms with E-state index in [2.05, 4.69) is 0 Å². The van der Waals surface area contributed by atoms with Gasteiger partial charge in [0.25, 0.3) is 0 Å². The molecule has 1 aliphatic rings. The van der Waals surface area contributed by atoms with E-state index < -0.39 is 10.0 Å². The second kappa shape index (κ2) is 10.1. The largest absolute Gasteiger partial charge is 0.504 e. The molecule has 3 aromatic rings. The lowest BCUT2D eigenvalue weighted by Crippen LogP contribution is -2.50. The van der Waals surface area contributed by atoms with Crippen molar-refractivity contribution in [2.75, 3.05) is 33.3 Å². The van der Waals surface area contributed by atoms with Gasteiger partial charge in [0.15, 0.2) is 11.5 Å². The average molecular weight is 479 g/mol. The minimum atomic E-state index is -3.64. The second-order valence-corrected chi connectivity index (χ2v) is 9.82. The van der Waals surface area contributed by atoms with Crippen molar-refractivity contribution in [3.05, 3.63) is 84.4 Å². The molecule has 0 aliphatic carbocycles. The molecular formula is C26H26N2O5S. The van der Waals surface area contributed by atoms with Crippen LogP contribution in [0.25, 0.3) is 17.2 Å². The quantitative estimate of drug-likeness (QED) is 0.547. The van der Waals surface area contributed by atoms with E-state index in [0.29, 0.717) is 24.4 Å². The summed E-state index contributed by atoms with van der Waals surface area (Å²) in [6.07, 6.45) is 3.08. The van der Waals surface area contributed by atoms with E-state index in [-0.39, 0.29) is 29.6 Å². The lowest BCUT2D eigenvalue weighted by molar-refractivity contribution is -0.127. The highest BCUT2D eigenvalue weighted by molar-refractivity contribution is 7.89. The van der Waals surface area contributed by atoms with Gasteiger partial charge in [-0.3, -0.25) is 4.79 Å². The Bertz CT molecular complexity index is 1280. The Morgan fingerprint density at radius 2 is 1.56 bits per heavy atom. The highest BCUT2D eigenvalue weighted by Gasteiger charge is 2.29. The Morgan fingerprint density at radius 3 is 2.21 bits per heavy atom. The van der Waals surface area contributed by atoms with Gasteiger partial charge in [-0.05, 0) is 47.0 Å². The summed E-state index contributed by atoms with van der Waals surface area (Å²) in [7, 11) is -2.18. The highest BCUT2D eigenvalue weighted by atomic mass is 32.2. The van der Waals surface area contributed by atoms with Crippen molar-refractivity contribution in [2.24, 2.45) is 0 Å². The number of phenolic OH excluding ortho intramolecular Hbond substituents is 1. The number of hydrogen-bond donors (Lipinski definition) is 1. The van der Waals surface area contributed by atoms with Gasteiger partial charge in [0.2, 0.25) is 15.9 Å². The summed E-state index contributed by atoms with van der Waals surface area (Å²) in [4.78, 5) is 14.4. The van der Waals surface area contributed by atoms with Gasteiger partial charge < -0.3 is 14.7 Å². The molecule has 8 heteroatoms. The van der Waals surface area contributed by atoms with Gasteiger partial charge in [-0.25, -0.2) is 8.42 Å². The number of nitrogens with zero attached hydrogens (tertiary/aromatic N) is 2. The molecule has 0 radical (unpaired) electrons. The number of carbonyl (C=O) groups is 1. The number of piperazine rings is 1. The molecule has 4 rings (SSSR count). The molecule has 1 fully saturated rings. The van der Waals surface area contributed by atoms with Crippen LogP contribution in [0, 0.1) is 0 Å². The Kier molecular flexibility index (Phi) is 7.00. The van der Waals surface area contributed by atoms with Crippen molar-refractivity contribution >= 4 is 22.0 Å². The molecule has 0 aromatic heterocycles. The second-order valence-electron chi connectivity index (χ2n) is 7.88. The van der Waals surface area contributed by atoms with Gasteiger partial charge in [-0.15, -0.1) is 0 Å². The van der Waals surface area contributed by atoms with Crippen LogP contribution in [0.5, 0.6) is 11.5 Å². The lowest BCUT2D eigenvalue weighted by Gasteiger charge is -2.33. The third-order valence-electron chi connectivity index (χ3n) is 5.77. The minimum Gasteiger partial charge on any atom is -0.504 e. The maximum Gasteiger partial charge on any atom is 0.246 e. The molecule has 3 aromatic carbocycles. The van der Waals surface area contributed by atoms with Crippen molar-refractivity contribution in [1.29, 1.82) is 0 Å². The van der Waals surface area contributed by atoms with Crippen molar-refractivity contribution in [3.8, 4) is 22.6 Å². The van der Waals surface area contributed by atoms with E-state index in [4.69, 9.17) is 4.74 Å². The predicted octanol–water partition coefficient (Wildman–Crippen LogP) is 3.61. The topological polar surface area (TPSA) is 87.2 Å². The average Bonchev–Trinajstić information content (AvgIpc) is 2.88. The lowest BCUT2D eigenvalue weighted by atomic mass is 10.1. The minimum absolute atomic E-state index is 0.0259. The van der Waals surface area contributed by atoms with E-state index >= 15 is 0 Å². The monoisotopic (exact) mass is 478 g/mol. The molecular weight excluding hydrogens is 452 g/mol. The molecule has 7 nitrogen and oxygen atoms in total. The zero-order chi connectivity index (χ0) is 24.1. The molecule has 1 amide bonds. The SMILES string of the molecule is COc1cc(/C=C/C(=O)N2CCN(S(=O)(=O)c3ccc(-c4ccccc4)cc3)CC2)ccc1O. The molecule has 0 unspecified atom stereocenters. The van der Waals surface area contributed by atoms with Crippen LogP contribution in [0.4, 0.5) is 0 Å². The van der Waals surface area contributed by atoms with Gasteiger partial charge in [0, 0.05) is 32.3 Å². The van der Waals surface area contributed by atoms with E-state index in [1.165, 1.54) is 23.6 Å². The standard InChI is InChI=1S/C26H26N2O5S/c1-33-25-19-20(7-13-24(25)29)8-14-26(30)27-15-17-28(18-16-27)34(31,32)23-11-9-22(10-12-23)21-5-3-2-4-6-21/h2-14,19,29H,15-18H2,1H3/b14-8+. The number of benzene rings is 3. The number of carbonyl (C=O) groups excluding carboxylic acids is 1. The number of aromatic hydroxyl groups is 1. The zero-order valence-corrected chi connectivity index (χ0v) is 19.6. The van der Waals surface area contributed by atoms with Crippen LogP contribution >= 0.6 is 0 Å². The normalized spacial score (nSPS) is 14.9. The number of amides is 1. The third-order valence-corrected chi connectivity index (χ3v) is 7.68. The highest BCUT2D eigenvalue weighted by Crippen LogP contribution is 2.27. The summed E-state index contributed by atoms with van der Waals surface area (Å²) in [5.41, 5.74) is 2.69. The molecule has 0 spiro atoms. The molecule has 0 atom stereocenters. The van der Waals surface area contributed by atoms with Gasteiger partial charge in [-0.1, -0.05) is 48.5 Å². The molecule has 1 saturated heterocycles.